The Kier molecular flexibility index (Phi) is 7.76. The third-order valence-corrected chi connectivity index (χ3v) is 11.3. The van der Waals surface area contributed by atoms with Gasteiger partial charge >= 0.3 is 5.97 Å². The van der Waals surface area contributed by atoms with Crippen molar-refractivity contribution in [1.82, 2.24) is 4.98 Å². The maximum Gasteiger partial charge on any atom is 0.329 e. The van der Waals surface area contributed by atoms with Crippen LogP contribution in [0.1, 0.15) is 92.7 Å². The van der Waals surface area contributed by atoms with Gasteiger partial charge in [0.15, 0.2) is 0 Å². The number of nitrogens with zero attached hydrogens (tertiary/aromatic N) is 1. The second-order valence-corrected chi connectivity index (χ2v) is 14.3. The van der Waals surface area contributed by atoms with Gasteiger partial charge in [0.05, 0.1) is 13.2 Å². The van der Waals surface area contributed by atoms with E-state index in [1.807, 2.05) is 36.5 Å². The maximum absolute atomic E-state index is 12.8. The second-order valence-electron chi connectivity index (χ2n) is 13.9. The lowest BCUT2D eigenvalue weighted by molar-refractivity contribution is -0.144. The molecular weight excluding hydrogens is 572 g/mol. The number of carbonyl (C=O) groups is 1. The van der Waals surface area contributed by atoms with E-state index in [1.54, 1.807) is 0 Å². The minimum absolute atomic E-state index is 0.0795. The van der Waals surface area contributed by atoms with E-state index < -0.39 is 11.5 Å². The van der Waals surface area contributed by atoms with Gasteiger partial charge in [-0.05, 0) is 128 Å². The molecule has 3 atom stereocenters. The van der Waals surface area contributed by atoms with Crippen LogP contribution in [-0.2, 0) is 29.5 Å². The molecule has 1 aliphatic heterocycles. The molecule has 2 N–H and O–H groups in total. The van der Waals surface area contributed by atoms with Gasteiger partial charge in [-0.3, -0.25) is 4.98 Å². The molecule has 0 radical (unpaired) electrons. The standard InChI is InChI=1S/C37H43ClN2O4/c1-23(22-44-32-9-15-39-31-8-3-5-24(2)34(31)32)17-27-19-26-18-25-10-16-43-33(25)21-30(26)36(27)11-13-37(14-12-36,35(41)42)40-29-7-4-6-28(38)20-29/h4,6-7,9,15,18,20-21,23-24,27,40H,3,5,8,10-14,16-17,19,22H2,1-2H3,(H,41,42)/t23-,24-,27?,36?,37?/m1/s1. The molecule has 1 saturated carbocycles. The number of ether oxygens (including phenoxy) is 2. The number of carboxylic acids is 1. The number of nitrogens with one attached hydrogen (secondary N) is 1. The summed E-state index contributed by atoms with van der Waals surface area (Å²) in [4.78, 5) is 17.5. The molecule has 1 fully saturated rings. The molecule has 1 spiro atoms. The van der Waals surface area contributed by atoms with Gasteiger partial charge in [-0.25, -0.2) is 4.79 Å². The van der Waals surface area contributed by atoms with Crippen molar-refractivity contribution in [3.8, 4) is 11.5 Å². The van der Waals surface area contributed by atoms with Crippen LogP contribution < -0.4 is 14.8 Å². The summed E-state index contributed by atoms with van der Waals surface area (Å²) in [5, 5.41) is 14.5. The van der Waals surface area contributed by atoms with E-state index in [2.05, 4.69) is 36.3 Å². The Labute approximate surface area is 265 Å². The number of anilines is 1. The van der Waals surface area contributed by atoms with Crippen molar-refractivity contribution in [3.63, 3.8) is 0 Å². The fourth-order valence-electron chi connectivity index (χ4n) is 8.79. The first-order valence-electron chi connectivity index (χ1n) is 16.4. The first kappa shape index (κ1) is 29.5. The van der Waals surface area contributed by atoms with Crippen molar-refractivity contribution in [1.29, 1.82) is 0 Å². The van der Waals surface area contributed by atoms with Gasteiger partial charge in [0.1, 0.15) is 17.0 Å². The van der Waals surface area contributed by atoms with Crippen molar-refractivity contribution in [2.75, 3.05) is 18.5 Å². The average Bonchev–Trinajstić information content (AvgIpc) is 3.58. The van der Waals surface area contributed by atoms with Gasteiger partial charge in [0.2, 0.25) is 0 Å². The topological polar surface area (TPSA) is 80.7 Å². The highest BCUT2D eigenvalue weighted by atomic mass is 35.5. The molecule has 2 heterocycles. The summed E-state index contributed by atoms with van der Waals surface area (Å²) in [7, 11) is 0. The minimum atomic E-state index is -1.03. The van der Waals surface area contributed by atoms with Crippen LogP contribution in [0.3, 0.4) is 0 Å². The molecular formula is C37H43ClN2O4. The monoisotopic (exact) mass is 614 g/mol. The minimum Gasteiger partial charge on any atom is -0.493 e. The number of aliphatic carboxylic acids is 1. The number of carboxylic acid groups (broad SMARTS) is 1. The summed E-state index contributed by atoms with van der Waals surface area (Å²) >= 11 is 6.25. The quantitative estimate of drug-likeness (QED) is 0.267. The van der Waals surface area contributed by atoms with Crippen LogP contribution in [0.25, 0.3) is 0 Å². The summed E-state index contributed by atoms with van der Waals surface area (Å²) in [5.41, 5.74) is 6.27. The summed E-state index contributed by atoms with van der Waals surface area (Å²) in [6.45, 7) is 6.01. The van der Waals surface area contributed by atoms with Gasteiger partial charge in [-0.1, -0.05) is 37.6 Å². The zero-order valence-corrected chi connectivity index (χ0v) is 26.6. The molecule has 0 bridgehead atoms. The first-order valence-corrected chi connectivity index (χ1v) is 16.8. The Bertz CT molecular complexity index is 1560. The van der Waals surface area contributed by atoms with Gasteiger partial charge < -0.3 is 19.9 Å². The zero-order chi connectivity index (χ0) is 30.5. The number of rotatable bonds is 8. The Morgan fingerprint density at radius 3 is 2.80 bits per heavy atom. The largest absolute Gasteiger partial charge is 0.493 e. The predicted octanol–water partition coefficient (Wildman–Crippen LogP) is 8.13. The Morgan fingerprint density at radius 2 is 2.00 bits per heavy atom. The fourth-order valence-corrected chi connectivity index (χ4v) is 8.98. The van der Waals surface area contributed by atoms with Crippen molar-refractivity contribution < 1.29 is 19.4 Å². The molecule has 6 nitrogen and oxygen atoms in total. The summed E-state index contributed by atoms with van der Waals surface area (Å²) in [6.07, 6.45) is 11.1. The van der Waals surface area contributed by atoms with Gasteiger partial charge in [0.25, 0.3) is 0 Å². The number of hydrogen-bond acceptors (Lipinski definition) is 5. The molecule has 1 aromatic heterocycles. The Morgan fingerprint density at radius 1 is 1.16 bits per heavy atom. The predicted molar refractivity (Wildman–Crippen MR) is 173 cm³/mol. The maximum atomic E-state index is 12.8. The molecule has 0 saturated heterocycles. The molecule has 3 aromatic rings. The van der Waals surface area contributed by atoms with E-state index >= 15 is 0 Å². The SMILES string of the molecule is C[C@@H](COc1ccnc2c1[C@H](C)CCC2)CC1Cc2cc3c(cc2C12CCC(Nc1cccc(Cl)c1)(C(=O)O)CC2)OCC3. The highest BCUT2D eigenvalue weighted by molar-refractivity contribution is 6.30. The molecule has 0 amide bonds. The fraction of sp³-hybridized carbons (Fsp3) is 0.514. The smallest absolute Gasteiger partial charge is 0.329 e. The molecule has 7 rings (SSSR count). The van der Waals surface area contributed by atoms with Crippen molar-refractivity contribution in [2.45, 2.75) is 94.9 Å². The van der Waals surface area contributed by atoms with Gasteiger partial charge in [-0.15, -0.1) is 0 Å². The molecule has 232 valence electrons. The van der Waals surface area contributed by atoms with Crippen LogP contribution in [0.5, 0.6) is 11.5 Å². The van der Waals surface area contributed by atoms with Gasteiger partial charge in [0, 0.05) is 34.6 Å². The number of hydrogen-bond donors (Lipinski definition) is 2. The van der Waals surface area contributed by atoms with Crippen molar-refractivity contribution in [3.05, 3.63) is 81.6 Å². The van der Waals surface area contributed by atoms with Crippen LogP contribution in [0.15, 0.2) is 48.7 Å². The number of pyridine rings is 1. The summed E-state index contributed by atoms with van der Waals surface area (Å²) in [6, 6.07) is 14.1. The van der Waals surface area contributed by atoms with Crippen LogP contribution in [0, 0.1) is 11.8 Å². The summed E-state index contributed by atoms with van der Waals surface area (Å²) < 4.78 is 12.6. The second kappa shape index (κ2) is 11.6. The van der Waals surface area contributed by atoms with E-state index in [9.17, 15) is 9.90 Å². The van der Waals surface area contributed by atoms with Crippen LogP contribution in [0.2, 0.25) is 5.02 Å². The average molecular weight is 615 g/mol. The van der Waals surface area contributed by atoms with E-state index in [0.717, 1.165) is 62.3 Å². The number of aromatic nitrogens is 1. The van der Waals surface area contributed by atoms with E-state index in [-0.39, 0.29) is 5.41 Å². The molecule has 2 aromatic carbocycles. The van der Waals surface area contributed by atoms with Crippen LogP contribution >= 0.6 is 11.6 Å². The highest BCUT2D eigenvalue weighted by Gasteiger charge is 2.54. The van der Waals surface area contributed by atoms with Crippen LogP contribution in [0.4, 0.5) is 5.69 Å². The Hall–Kier alpha value is -3.25. The molecule has 7 heteroatoms. The van der Waals surface area contributed by atoms with E-state index in [1.165, 1.54) is 40.8 Å². The molecule has 1 unspecified atom stereocenters. The van der Waals surface area contributed by atoms with Crippen molar-refractivity contribution in [2.24, 2.45) is 11.8 Å². The number of benzene rings is 2. The molecule has 3 aliphatic carbocycles. The normalized spacial score (nSPS) is 27.6. The van der Waals surface area contributed by atoms with Crippen molar-refractivity contribution >= 4 is 23.3 Å². The first-order chi connectivity index (χ1) is 21.3. The van der Waals surface area contributed by atoms with Crippen LogP contribution in [-0.4, -0.2) is 34.8 Å². The molecule has 44 heavy (non-hydrogen) atoms. The highest BCUT2D eigenvalue weighted by Crippen LogP contribution is 2.57. The number of fused-ring (bicyclic) bond motifs is 4. The Balaban J connectivity index is 1.13. The zero-order valence-electron chi connectivity index (χ0n) is 25.8. The van der Waals surface area contributed by atoms with E-state index in [4.69, 9.17) is 21.1 Å². The number of halogens is 1. The van der Waals surface area contributed by atoms with E-state index in [0.29, 0.717) is 42.2 Å². The molecule has 4 aliphatic rings. The third kappa shape index (κ3) is 5.23. The summed E-state index contributed by atoms with van der Waals surface area (Å²) in [5.74, 6) is 2.48. The third-order valence-electron chi connectivity index (χ3n) is 11.1. The number of aryl methyl sites for hydroxylation is 1. The lowest BCUT2D eigenvalue weighted by atomic mass is 9.59. The van der Waals surface area contributed by atoms with Gasteiger partial charge in [-0.2, -0.15) is 0 Å². The lowest BCUT2D eigenvalue weighted by Crippen LogP contribution is -2.53. The lowest BCUT2D eigenvalue weighted by Gasteiger charge is -2.47.